The number of hydrogen-bond donors (Lipinski definition) is 1. The Hall–Kier alpha value is -2.89. The van der Waals surface area contributed by atoms with Crippen molar-refractivity contribution in [3.8, 4) is 0 Å². The fraction of sp³-hybridized carbons (Fsp3) is 0.381. The van der Waals surface area contributed by atoms with Crippen molar-refractivity contribution in [2.24, 2.45) is 5.92 Å². The molecule has 0 saturated carbocycles. The summed E-state index contributed by atoms with van der Waals surface area (Å²) in [6, 6.07) is 7.35. The fourth-order valence-corrected chi connectivity index (χ4v) is 3.78. The van der Waals surface area contributed by atoms with Crippen molar-refractivity contribution in [1.29, 1.82) is 0 Å². The third-order valence-corrected chi connectivity index (χ3v) is 5.62. The number of fused-ring (bicyclic) bond motifs is 1. The first-order valence-corrected chi connectivity index (χ1v) is 9.41. The minimum absolute atomic E-state index is 0.0103. The second-order valence-corrected chi connectivity index (χ2v) is 7.50. The zero-order chi connectivity index (χ0) is 19.0. The molecule has 4 rings (SSSR count). The number of pyridine rings is 1. The molecule has 1 amide bonds. The van der Waals surface area contributed by atoms with E-state index in [1.54, 1.807) is 6.07 Å². The number of amides is 1. The zero-order valence-corrected chi connectivity index (χ0v) is 15.7. The largest absolute Gasteiger partial charge is 0.339 e. The lowest BCUT2D eigenvalue weighted by Gasteiger charge is -2.32. The number of rotatable bonds is 3. The molecular formula is C21H24N4O2. The van der Waals surface area contributed by atoms with Crippen molar-refractivity contribution < 1.29 is 4.79 Å². The van der Waals surface area contributed by atoms with Crippen LogP contribution in [0.25, 0.3) is 11.0 Å². The van der Waals surface area contributed by atoms with Gasteiger partial charge in [0.1, 0.15) is 0 Å². The highest BCUT2D eigenvalue weighted by Crippen LogP contribution is 2.24. The Bertz CT molecular complexity index is 1020. The van der Waals surface area contributed by atoms with Crippen molar-refractivity contribution in [3.63, 3.8) is 0 Å². The molecule has 140 valence electrons. The molecule has 0 spiro atoms. The Kier molecular flexibility index (Phi) is 4.56. The number of aromatic amines is 1. The van der Waals surface area contributed by atoms with E-state index in [1.807, 2.05) is 11.2 Å². The third-order valence-electron chi connectivity index (χ3n) is 5.62. The Morgan fingerprint density at radius 3 is 2.63 bits per heavy atom. The zero-order valence-electron chi connectivity index (χ0n) is 15.7. The summed E-state index contributed by atoms with van der Waals surface area (Å²) in [7, 11) is 0. The maximum absolute atomic E-state index is 12.6. The van der Waals surface area contributed by atoms with Gasteiger partial charge in [-0.3, -0.25) is 9.59 Å². The van der Waals surface area contributed by atoms with Crippen molar-refractivity contribution >= 4 is 16.9 Å². The highest BCUT2D eigenvalue weighted by Gasteiger charge is 2.24. The van der Waals surface area contributed by atoms with Gasteiger partial charge in [-0.25, -0.2) is 4.98 Å². The topological polar surface area (TPSA) is 71.0 Å². The van der Waals surface area contributed by atoms with Crippen LogP contribution < -0.4 is 5.56 Å². The number of aryl methyl sites for hydroxylation is 2. The molecule has 0 bridgehead atoms. The van der Waals surface area contributed by atoms with Gasteiger partial charge in [-0.15, -0.1) is 0 Å². The molecule has 1 aliphatic heterocycles. The Labute approximate surface area is 157 Å². The maximum atomic E-state index is 12.6. The molecule has 1 aliphatic rings. The number of H-pyrrole nitrogens is 1. The molecule has 6 heteroatoms. The molecule has 0 aliphatic carbocycles. The van der Waals surface area contributed by atoms with Crippen molar-refractivity contribution in [2.75, 3.05) is 13.1 Å². The molecule has 3 aromatic rings. The normalized spacial score (nSPS) is 15.4. The molecule has 3 heterocycles. The average Bonchev–Trinajstić information content (AvgIpc) is 3.04. The van der Waals surface area contributed by atoms with E-state index in [2.05, 4.69) is 40.5 Å². The van der Waals surface area contributed by atoms with Gasteiger partial charge in [0.15, 0.2) is 0 Å². The molecule has 1 aromatic carbocycles. The number of nitrogens with zero attached hydrogens (tertiary/aromatic N) is 3. The number of carbonyl (C=O) groups is 1. The highest BCUT2D eigenvalue weighted by atomic mass is 16.2. The van der Waals surface area contributed by atoms with E-state index in [9.17, 15) is 9.59 Å². The molecule has 1 N–H and O–H groups in total. The van der Waals surface area contributed by atoms with Crippen LogP contribution in [-0.4, -0.2) is 38.4 Å². The molecule has 2 aromatic heterocycles. The monoisotopic (exact) mass is 364 g/mol. The summed E-state index contributed by atoms with van der Waals surface area (Å²) in [5.74, 6) is 0.521. The Morgan fingerprint density at radius 1 is 1.19 bits per heavy atom. The number of imidazole rings is 1. The van der Waals surface area contributed by atoms with E-state index in [0.29, 0.717) is 11.5 Å². The second kappa shape index (κ2) is 7.02. The van der Waals surface area contributed by atoms with Crippen LogP contribution in [0.5, 0.6) is 0 Å². The predicted molar refractivity (Wildman–Crippen MR) is 105 cm³/mol. The molecular weight excluding hydrogens is 340 g/mol. The number of hydrogen-bond acceptors (Lipinski definition) is 3. The first-order valence-electron chi connectivity index (χ1n) is 9.41. The lowest BCUT2D eigenvalue weighted by molar-refractivity contribution is 0.0683. The minimum atomic E-state index is -0.191. The number of aromatic nitrogens is 3. The first-order chi connectivity index (χ1) is 13.0. The molecule has 0 unspecified atom stereocenters. The van der Waals surface area contributed by atoms with E-state index in [-0.39, 0.29) is 11.5 Å². The van der Waals surface area contributed by atoms with Crippen LogP contribution in [0.1, 0.15) is 34.3 Å². The van der Waals surface area contributed by atoms with Crippen molar-refractivity contribution in [1.82, 2.24) is 19.4 Å². The molecule has 0 radical (unpaired) electrons. The van der Waals surface area contributed by atoms with Gasteiger partial charge >= 0.3 is 0 Å². The summed E-state index contributed by atoms with van der Waals surface area (Å²) < 4.78 is 2.24. The maximum Gasteiger partial charge on any atom is 0.255 e. The molecule has 1 fully saturated rings. The van der Waals surface area contributed by atoms with Crippen LogP contribution in [0.15, 0.2) is 41.6 Å². The highest BCUT2D eigenvalue weighted by molar-refractivity contribution is 5.93. The second-order valence-electron chi connectivity index (χ2n) is 7.50. The van der Waals surface area contributed by atoms with E-state index in [1.165, 1.54) is 28.9 Å². The molecule has 6 nitrogen and oxygen atoms in total. The standard InChI is InChI=1S/C21H24N4O2/c1-14-9-18-19(10-15(14)2)25(13-23-18)12-16-5-7-24(8-6-16)21(27)17-3-4-20(26)22-11-17/h3-4,9-11,13,16H,5-8,12H2,1-2H3,(H,22,26). The van der Waals surface area contributed by atoms with Gasteiger partial charge in [-0.2, -0.15) is 0 Å². The predicted octanol–water partition coefficient (Wildman–Crippen LogP) is 2.89. The summed E-state index contributed by atoms with van der Waals surface area (Å²) in [5, 5.41) is 0. The first kappa shape index (κ1) is 17.5. The Morgan fingerprint density at radius 2 is 1.93 bits per heavy atom. The number of likely N-dealkylation sites (tertiary alicyclic amines) is 1. The Balaban J connectivity index is 1.41. The van der Waals surface area contributed by atoms with E-state index in [4.69, 9.17) is 0 Å². The third kappa shape index (κ3) is 3.52. The summed E-state index contributed by atoms with van der Waals surface area (Å²) >= 11 is 0. The van der Waals surface area contributed by atoms with E-state index >= 15 is 0 Å². The lowest BCUT2D eigenvalue weighted by atomic mass is 9.96. The molecule has 27 heavy (non-hydrogen) atoms. The number of carbonyl (C=O) groups excluding carboxylic acids is 1. The van der Waals surface area contributed by atoms with Gasteiger partial charge in [-0.05, 0) is 61.9 Å². The van der Waals surface area contributed by atoms with Crippen LogP contribution in [0, 0.1) is 19.8 Å². The van der Waals surface area contributed by atoms with Gasteiger partial charge < -0.3 is 14.5 Å². The quantitative estimate of drug-likeness (QED) is 0.777. The summed E-state index contributed by atoms with van der Waals surface area (Å²) in [4.78, 5) is 32.7. The van der Waals surface area contributed by atoms with Crippen LogP contribution in [0.3, 0.4) is 0 Å². The smallest absolute Gasteiger partial charge is 0.255 e. The summed E-state index contributed by atoms with van der Waals surface area (Å²) in [6.07, 6.45) is 5.37. The summed E-state index contributed by atoms with van der Waals surface area (Å²) in [5.41, 5.74) is 5.13. The van der Waals surface area contributed by atoms with Gasteiger partial charge in [0.2, 0.25) is 5.56 Å². The van der Waals surface area contributed by atoms with E-state index < -0.39 is 0 Å². The average molecular weight is 364 g/mol. The molecule has 1 saturated heterocycles. The number of nitrogens with one attached hydrogen (secondary N) is 1. The van der Waals surface area contributed by atoms with Crippen molar-refractivity contribution in [3.05, 3.63) is 63.8 Å². The number of piperidine rings is 1. The van der Waals surface area contributed by atoms with Gasteiger partial charge in [-0.1, -0.05) is 0 Å². The SMILES string of the molecule is Cc1cc2ncn(CC3CCN(C(=O)c4ccc(=O)[nH]c4)CC3)c2cc1C. The van der Waals surface area contributed by atoms with Gasteiger partial charge in [0, 0.05) is 31.9 Å². The van der Waals surface area contributed by atoms with Crippen LogP contribution in [0.2, 0.25) is 0 Å². The molecule has 0 atom stereocenters. The van der Waals surface area contributed by atoms with Gasteiger partial charge in [0.05, 0.1) is 22.9 Å². The van der Waals surface area contributed by atoms with Crippen LogP contribution in [-0.2, 0) is 6.54 Å². The van der Waals surface area contributed by atoms with E-state index in [0.717, 1.165) is 38.0 Å². The lowest BCUT2D eigenvalue weighted by Crippen LogP contribution is -2.39. The minimum Gasteiger partial charge on any atom is -0.339 e. The number of benzene rings is 1. The summed E-state index contributed by atoms with van der Waals surface area (Å²) in [6.45, 7) is 6.66. The van der Waals surface area contributed by atoms with Crippen molar-refractivity contribution in [2.45, 2.75) is 33.2 Å². The van der Waals surface area contributed by atoms with Gasteiger partial charge in [0.25, 0.3) is 5.91 Å². The van der Waals surface area contributed by atoms with Crippen LogP contribution in [0.4, 0.5) is 0 Å². The fourth-order valence-electron chi connectivity index (χ4n) is 3.78. The van der Waals surface area contributed by atoms with Crippen LogP contribution >= 0.6 is 0 Å².